The van der Waals surface area contributed by atoms with Gasteiger partial charge in [-0.2, -0.15) is 0 Å². The summed E-state index contributed by atoms with van der Waals surface area (Å²) in [4.78, 5) is 26.2. The van der Waals surface area contributed by atoms with Gasteiger partial charge in [0, 0.05) is 24.2 Å². The molecule has 148 valence electrons. The lowest BCUT2D eigenvalue weighted by atomic mass is 10.2. The molecule has 0 spiro atoms. The van der Waals surface area contributed by atoms with Crippen LogP contribution < -0.4 is 5.56 Å². The number of hydrogen-bond acceptors (Lipinski definition) is 5. The van der Waals surface area contributed by atoms with Crippen molar-refractivity contribution < 1.29 is 0 Å². The summed E-state index contributed by atoms with van der Waals surface area (Å²) in [6, 6.07) is 17.5. The normalized spacial score (nSPS) is 11.4. The van der Waals surface area contributed by atoms with Gasteiger partial charge in [0.1, 0.15) is 5.65 Å². The van der Waals surface area contributed by atoms with E-state index in [9.17, 15) is 4.79 Å². The fraction of sp³-hybridized carbons (Fsp3) is 0.130. The molecule has 4 heterocycles. The number of thioether (sulfide) groups is 1. The minimum atomic E-state index is -0.0906. The highest BCUT2D eigenvalue weighted by molar-refractivity contribution is 7.98. The average molecular weight is 414 g/mol. The Hall–Kier alpha value is -3.45. The van der Waals surface area contributed by atoms with Gasteiger partial charge in [-0.1, -0.05) is 47.7 Å². The largest absolute Gasteiger partial charge is 0.312 e. The highest BCUT2D eigenvalue weighted by Gasteiger charge is 2.14. The van der Waals surface area contributed by atoms with Crippen molar-refractivity contribution in [1.82, 2.24) is 23.9 Å². The molecule has 7 heteroatoms. The molecule has 0 aliphatic heterocycles. The summed E-state index contributed by atoms with van der Waals surface area (Å²) in [6.07, 6.45) is 5.29. The number of rotatable bonds is 5. The van der Waals surface area contributed by atoms with E-state index in [1.54, 1.807) is 34.6 Å². The summed E-state index contributed by atoms with van der Waals surface area (Å²) < 4.78 is 3.63. The van der Waals surface area contributed by atoms with Crippen molar-refractivity contribution in [3.8, 4) is 0 Å². The molecule has 0 aliphatic carbocycles. The zero-order chi connectivity index (χ0) is 20.5. The Kier molecular flexibility index (Phi) is 4.80. The van der Waals surface area contributed by atoms with Crippen LogP contribution >= 0.6 is 11.8 Å². The molecule has 0 radical (unpaired) electrons. The van der Waals surface area contributed by atoms with E-state index < -0.39 is 0 Å². The quantitative estimate of drug-likeness (QED) is 0.406. The number of aryl methyl sites for hydroxylation is 1. The molecule has 0 saturated carbocycles. The first-order valence-electron chi connectivity index (χ1n) is 9.63. The Morgan fingerprint density at radius 3 is 2.87 bits per heavy atom. The molecule has 30 heavy (non-hydrogen) atoms. The van der Waals surface area contributed by atoms with Gasteiger partial charge in [0.05, 0.1) is 29.5 Å². The fourth-order valence-corrected chi connectivity index (χ4v) is 4.46. The smallest absolute Gasteiger partial charge is 0.258 e. The lowest BCUT2D eigenvalue weighted by Crippen LogP contribution is -2.16. The van der Waals surface area contributed by atoms with Crippen LogP contribution in [0.5, 0.6) is 0 Å². The van der Waals surface area contributed by atoms with E-state index in [4.69, 9.17) is 4.98 Å². The molecule has 0 atom stereocenters. The van der Waals surface area contributed by atoms with Gasteiger partial charge in [-0.15, -0.1) is 0 Å². The molecule has 4 aromatic heterocycles. The first-order chi connectivity index (χ1) is 14.7. The van der Waals surface area contributed by atoms with Crippen molar-refractivity contribution in [3.63, 3.8) is 0 Å². The molecule has 0 aliphatic rings. The molecule has 0 N–H and O–H groups in total. The van der Waals surface area contributed by atoms with Crippen LogP contribution in [-0.4, -0.2) is 23.9 Å². The highest BCUT2D eigenvalue weighted by atomic mass is 32.2. The van der Waals surface area contributed by atoms with E-state index >= 15 is 0 Å². The first-order valence-corrected chi connectivity index (χ1v) is 10.6. The maximum absolute atomic E-state index is 12.5. The van der Waals surface area contributed by atoms with Gasteiger partial charge >= 0.3 is 0 Å². The summed E-state index contributed by atoms with van der Waals surface area (Å²) in [7, 11) is 0. The molecule has 0 fully saturated rings. The summed E-state index contributed by atoms with van der Waals surface area (Å²) in [5.41, 5.74) is 5.55. The number of benzene rings is 1. The van der Waals surface area contributed by atoms with E-state index in [1.165, 1.54) is 11.1 Å². The lowest BCUT2D eigenvalue weighted by molar-refractivity contribution is 0.711. The van der Waals surface area contributed by atoms with E-state index in [0.717, 1.165) is 21.9 Å². The zero-order valence-corrected chi connectivity index (χ0v) is 17.2. The third-order valence-corrected chi connectivity index (χ3v) is 5.96. The monoisotopic (exact) mass is 413 g/mol. The molecule has 0 saturated heterocycles. The molecular formula is C23H19N5OS. The van der Waals surface area contributed by atoms with Gasteiger partial charge in [-0.3, -0.25) is 14.2 Å². The third-order valence-electron chi connectivity index (χ3n) is 4.91. The van der Waals surface area contributed by atoms with E-state index in [0.29, 0.717) is 17.9 Å². The first kappa shape index (κ1) is 18.6. The summed E-state index contributed by atoms with van der Waals surface area (Å²) >= 11 is 1.67. The van der Waals surface area contributed by atoms with Gasteiger partial charge in [0.15, 0.2) is 5.16 Å². The Bertz CT molecular complexity index is 1420. The lowest BCUT2D eigenvalue weighted by Gasteiger charge is -2.10. The number of hydrogen-bond donors (Lipinski definition) is 0. The van der Waals surface area contributed by atoms with Crippen molar-refractivity contribution >= 4 is 28.4 Å². The van der Waals surface area contributed by atoms with Gasteiger partial charge in [0.25, 0.3) is 5.56 Å². The second-order valence-corrected chi connectivity index (χ2v) is 8.08. The second-order valence-electron chi connectivity index (χ2n) is 7.14. The van der Waals surface area contributed by atoms with Crippen molar-refractivity contribution in [2.75, 3.05) is 0 Å². The molecule has 5 aromatic rings. The standard InChI is InChI=1S/C23H19N5OS/c1-16-5-4-6-17(11-16)15-30-23-26-19-8-9-24-13-20(19)28(23)14-18-12-22(29)27-10-3-2-7-21(27)25-18/h2-13H,14-15H2,1H3. The van der Waals surface area contributed by atoms with E-state index in [-0.39, 0.29) is 5.56 Å². The fourth-order valence-electron chi connectivity index (χ4n) is 3.51. The minimum Gasteiger partial charge on any atom is -0.312 e. The van der Waals surface area contributed by atoms with Crippen LogP contribution in [0.3, 0.4) is 0 Å². The molecular weight excluding hydrogens is 394 g/mol. The van der Waals surface area contributed by atoms with Crippen LogP contribution in [0.25, 0.3) is 16.7 Å². The van der Waals surface area contributed by atoms with Crippen molar-refractivity contribution in [2.24, 2.45) is 0 Å². The number of aromatic nitrogens is 5. The Morgan fingerprint density at radius 1 is 1.03 bits per heavy atom. The van der Waals surface area contributed by atoms with Crippen LogP contribution in [0.4, 0.5) is 0 Å². The number of fused-ring (bicyclic) bond motifs is 2. The molecule has 0 amide bonds. The maximum Gasteiger partial charge on any atom is 0.258 e. The third kappa shape index (κ3) is 3.59. The minimum absolute atomic E-state index is 0.0906. The van der Waals surface area contributed by atoms with Crippen LogP contribution in [0.15, 0.2) is 83.1 Å². The number of pyridine rings is 2. The Labute approximate surface area is 177 Å². The molecule has 6 nitrogen and oxygen atoms in total. The summed E-state index contributed by atoms with van der Waals surface area (Å²) in [6.45, 7) is 2.55. The van der Waals surface area contributed by atoms with Crippen LogP contribution in [0, 0.1) is 6.92 Å². The van der Waals surface area contributed by atoms with Crippen LogP contribution in [-0.2, 0) is 12.3 Å². The predicted molar refractivity (Wildman–Crippen MR) is 119 cm³/mol. The van der Waals surface area contributed by atoms with Crippen LogP contribution in [0.1, 0.15) is 16.8 Å². The van der Waals surface area contributed by atoms with E-state index in [1.807, 2.05) is 30.5 Å². The molecule has 0 bridgehead atoms. The van der Waals surface area contributed by atoms with Crippen molar-refractivity contribution in [1.29, 1.82) is 0 Å². The highest BCUT2D eigenvalue weighted by Crippen LogP contribution is 2.27. The molecule has 5 rings (SSSR count). The number of nitrogens with zero attached hydrogens (tertiary/aromatic N) is 5. The predicted octanol–water partition coefficient (Wildman–Crippen LogP) is 4.09. The van der Waals surface area contributed by atoms with E-state index in [2.05, 4.69) is 45.7 Å². The summed E-state index contributed by atoms with van der Waals surface area (Å²) in [5.74, 6) is 0.812. The van der Waals surface area contributed by atoms with Gasteiger partial charge < -0.3 is 4.57 Å². The Morgan fingerprint density at radius 2 is 1.97 bits per heavy atom. The zero-order valence-electron chi connectivity index (χ0n) is 16.4. The second kappa shape index (κ2) is 7.76. The number of imidazole rings is 1. The maximum atomic E-state index is 12.5. The van der Waals surface area contributed by atoms with Gasteiger partial charge in [-0.25, -0.2) is 9.97 Å². The molecule has 0 unspecified atom stereocenters. The van der Waals surface area contributed by atoms with Crippen molar-refractivity contribution in [2.45, 2.75) is 24.4 Å². The SMILES string of the molecule is Cc1cccc(CSc2nc3ccncc3n2Cc2cc(=O)n3ccccc3n2)c1. The average Bonchev–Trinajstić information content (AvgIpc) is 3.10. The van der Waals surface area contributed by atoms with Crippen molar-refractivity contribution in [3.05, 3.63) is 100 Å². The topological polar surface area (TPSA) is 65.1 Å². The summed E-state index contributed by atoms with van der Waals surface area (Å²) in [5, 5.41) is 0.884. The molecule has 1 aromatic carbocycles. The van der Waals surface area contributed by atoms with Gasteiger partial charge in [-0.05, 0) is 30.7 Å². The van der Waals surface area contributed by atoms with Gasteiger partial charge in [0.2, 0.25) is 0 Å². The van der Waals surface area contributed by atoms with Crippen LogP contribution in [0.2, 0.25) is 0 Å². The Balaban J connectivity index is 1.53.